The third-order valence-corrected chi connectivity index (χ3v) is 6.85. The van der Waals surface area contributed by atoms with E-state index in [1.807, 2.05) is 48.5 Å². The Bertz CT molecular complexity index is 1380. The van der Waals surface area contributed by atoms with Crippen molar-refractivity contribution in [1.29, 1.82) is 0 Å². The zero-order valence-electron chi connectivity index (χ0n) is 20.9. The van der Waals surface area contributed by atoms with Crippen molar-refractivity contribution in [3.8, 4) is 11.5 Å². The number of aliphatic hydroxyl groups excluding tert-OH is 1. The van der Waals surface area contributed by atoms with Gasteiger partial charge in [-0.2, -0.15) is 0 Å². The molecule has 0 bridgehead atoms. The number of rotatable bonds is 4. The number of aliphatic hydroxyl groups is 1. The van der Waals surface area contributed by atoms with Crippen molar-refractivity contribution in [2.45, 2.75) is 38.6 Å². The Morgan fingerprint density at radius 2 is 1.75 bits per heavy atom. The zero-order valence-corrected chi connectivity index (χ0v) is 20.9. The Kier molecular flexibility index (Phi) is 5.83. The highest BCUT2D eigenvalue weighted by Gasteiger charge is 2.48. The molecular weight excluding hydrogens is 454 g/mol. The molecule has 6 nitrogen and oxygen atoms in total. The molecule has 1 atom stereocenters. The van der Waals surface area contributed by atoms with Crippen LogP contribution in [0.1, 0.15) is 49.1 Å². The van der Waals surface area contributed by atoms with Gasteiger partial charge in [-0.15, -0.1) is 0 Å². The third-order valence-electron chi connectivity index (χ3n) is 6.85. The summed E-state index contributed by atoms with van der Waals surface area (Å²) in [6, 6.07) is 19.3. The van der Waals surface area contributed by atoms with Crippen LogP contribution in [0.4, 0.5) is 5.69 Å². The van der Waals surface area contributed by atoms with Gasteiger partial charge in [-0.3, -0.25) is 14.5 Å². The normalized spacial score (nSPS) is 18.8. The molecule has 6 heteroatoms. The lowest BCUT2D eigenvalue weighted by molar-refractivity contribution is -0.132. The van der Waals surface area contributed by atoms with E-state index in [1.165, 1.54) is 4.90 Å². The summed E-state index contributed by atoms with van der Waals surface area (Å²) < 4.78 is 11.2. The number of carbonyl (C=O) groups excluding carboxylic acids is 2. The average molecular weight is 484 g/mol. The first kappa shape index (κ1) is 23.7. The van der Waals surface area contributed by atoms with Crippen LogP contribution >= 0.6 is 0 Å². The van der Waals surface area contributed by atoms with Crippen LogP contribution in [0.5, 0.6) is 11.5 Å². The van der Waals surface area contributed by atoms with E-state index in [0.29, 0.717) is 29.2 Å². The molecule has 3 aromatic rings. The van der Waals surface area contributed by atoms with Crippen LogP contribution in [-0.2, 0) is 21.4 Å². The molecule has 0 aliphatic carbocycles. The summed E-state index contributed by atoms with van der Waals surface area (Å²) in [4.78, 5) is 28.4. The van der Waals surface area contributed by atoms with Gasteiger partial charge in [-0.1, -0.05) is 51.1 Å². The van der Waals surface area contributed by atoms with Crippen molar-refractivity contribution < 1.29 is 24.2 Å². The van der Waals surface area contributed by atoms with Crippen LogP contribution < -0.4 is 14.4 Å². The smallest absolute Gasteiger partial charge is 0.300 e. The van der Waals surface area contributed by atoms with E-state index in [9.17, 15) is 14.7 Å². The predicted molar refractivity (Wildman–Crippen MR) is 139 cm³/mol. The number of carbonyl (C=O) groups is 2. The molecule has 1 unspecified atom stereocenters. The van der Waals surface area contributed by atoms with Crippen LogP contribution in [0.25, 0.3) is 5.76 Å². The number of amides is 1. The monoisotopic (exact) mass is 483 g/mol. The van der Waals surface area contributed by atoms with Crippen molar-refractivity contribution in [2.75, 3.05) is 18.6 Å². The number of benzene rings is 3. The van der Waals surface area contributed by atoms with Crippen molar-refractivity contribution >= 4 is 23.1 Å². The molecule has 2 aliphatic heterocycles. The maximum Gasteiger partial charge on any atom is 0.300 e. The summed E-state index contributed by atoms with van der Waals surface area (Å²) in [5.41, 5.74) is 3.69. The van der Waals surface area contributed by atoms with Crippen LogP contribution in [0.3, 0.4) is 0 Å². The maximum absolute atomic E-state index is 13.5. The largest absolute Gasteiger partial charge is 0.507 e. The summed E-state index contributed by atoms with van der Waals surface area (Å²) in [6.45, 7) is 6.93. The number of fused-ring (bicyclic) bond motifs is 1. The number of methoxy groups -OCH3 is 1. The lowest BCUT2D eigenvalue weighted by atomic mass is 9.87. The second kappa shape index (κ2) is 8.86. The van der Waals surface area contributed by atoms with Gasteiger partial charge in [0.1, 0.15) is 17.3 Å². The first-order valence-electron chi connectivity index (χ1n) is 12.0. The Morgan fingerprint density at radius 3 is 2.44 bits per heavy atom. The van der Waals surface area contributed by atoms with E-state index >= 15 is 0 Å². The lowest BCUT2D eigenvalue weighted by Crippen LogP contribution is -2.29. The summed E-state index contributed by atoms with van der Waals surface area (Å²) in [7, 11) is 1.55. The Balaban J connectivity index is 1.70. The number of ether oxygens (including phenoxy) is 2. The Labute approximate surface area is 210 Å². The molecule has 0 spiro atoms. The molecular formula is C30H29NO5. The SMILES string of the molecule is COc1ccccc1C1/C(=C(\O)c2ccc3c(c2)CCO3)C(=O)C(=O)N1c1ccc(C(C)(C)C)cc1. The molecule has 1 N–H and O–H groups in total. The molecule has 1 saturated heterocycles. The second-order valence-electron chi connectivity index (χ2n) is 10.1. The van der Waals surface area contributed by atoms with Crippen molar-refractivity contribution in [2.24, 2.45) is 0 Å². The van der Waals surface area contributed by atoms with Crippen LogP contribution in [0, 0.1) is 0 Å². The second-order valence-corrected chi connectivity index (χ2v) is 10.1. The van der Waals surface area contributed by atoms with E-state index in [4.69, 9.17) is 9.47 Å². The zero-order chi connectivity index (χ0) is 25.6. The summed E-state index contributed by atoms with van der Waals surface area (Å²) >= 11 is 0. The standard InChI is InChI=1S/C30H29NO5/c1-30(2,3)20-10-12-21(13-11-20)31-26(22-7-5-6-8-24(22)35-4)25(28(33)29(31)34)27(32)19-9-14-23-18(17-19)15-16-36-23/h5-14,17,26,32H,15-16H2,1-4H3/b27-25+. The molecule has 36 heavy (non-hydrogen) atoms. The summed E-state index contributed by atoms with van der Waals surface area (Å²) in [5, 5.41) is 11.4. The molecule has 1 fully saturated rings. The molecule has 0 radical (unpaired) electrons. The first-order chi connectivity index (χ1) is 17.2. The maximum atomic E-state index is 13.5. The minimum atomic E-state index is -0.855. The fraction of sp³-hybridized carbons (Fsp3) is 0.267. The third kappa shape index (κ3) is 3.92. The summed E-state index contributed by atoms with van der Waals surface area (Å²) in [6.07, 6.45) is 0.723. The van der Waals surface area contributed by atoms with E-state index in [1.54, 1.807) is 25.3 Å². The van der Waals surface area contributed by atoms with Gasteiger partial charge >= 0.3 is 0 Å². The summed E-state index contributed by atoms with van der Waals surface area (Å²) in [5.74, 6) is -0.352. The lowest BCUT2D eigenvalue weighted by Gasteiger charge is -2.27. The topological polar surface area (TPSA) is 76.1 Å². The quantitative estimate of drug-likeness (QED) is 0.299. The van der Waals surface area contributed by atoms with Crippen LogP contribution in [0.2, 0.25) is 0 Å². The number of Topliss-reactive ketones (excluding diaryl/α,β-unsaturated/α-hetero) is 1. The van der Waals surface area contributed by atoms with Crippen molar-refractivity contribution in [3.05, 3.63) is 94.6 Å². The molecule has 184 valence electrons. The molecule has 2 heterocycles. The Morgan fingerprint density at radius 1 is 1.03 bits per heavy atom. The van der Waals surface area contributed by atoms with Gasteiger partial charge in [0, 0.05) is 23.2 Å². The van der Waals surface area contributed by atoms with Gasteiger partial charge in [0.25, 0.3) is 11.7 Å². The van der Waals surface area contributed by atoms with Gasteiger partial charge in [-0.05, 0) is 52.9 Å². The van der Waals surface area contributed by atoms with E-state index in [0.717, 1.165) is 23.3 Å². The fourth-order valence-corrected chi connectivity index (χ4v) is 4.90. The fourth-order valence-electron chi connectivity index (χ4n) is 4.90. The minimum Gasteiger partial charge on any atom is -0.507 e. The number of hydrogen-bond acceptors (Lipinski definition) is 5. The van der Waals surface area contributed by atoms with Gasteiger partial charge in [0.05, 0.1) is 25.3 Å². The molecule has 0 saturated carbocycles. The number of ketones is 1. The number of hydrogen-bond donors (Lipinski definition) is 1. The first-order valence-corrected chi connectivity index (χ1v) is 12.0. The molecule has 5 rings (SSSR count). The molecule has 2 aliphatic rings. The number of nitrogens with zero attached hydrogens (tertiary/aromatic N) is 1. The molecule has 3 aromatic carbocycles. The van der Waals surface area contributed by atoms with E-state index in [-0.39, 0.29) is 16.7 Å². The van der Waals surface area contributed by atoms with Crippen LogP contribution in [-0.4, -0.2) is 30.5 Å². The van der Waals surface area contributed by atoms with E-state index < -0.39 is 17.7 Å². The van der Waals surface area contributed by atoms with E-state index in [2.05, 4.69) is 20.8 Å². The predicted octanol–water partition coefficient (Wildman–Crippen LogP) is 5.55. The minimum absolute atomic E-state index is 0.0308. The number of anilines is 1. The molecule has 0 aromatic heterocycles. The highest BCUT2D eigenvalue weighted by atomic mass is 16.5. The van der Waals surface area contributed by atoms with Crippen molar-refractivity contribution in [3.63, 3.8) is 0 Å². The van der Waals surface area contributed by atoms with Gasteiger partial charge in [0.2, 0.25) is 0 Å². The highest BCUT2D eigenvalue weighted by molar-refractivity contribution is 6.51. The van der Waals surface area contributed by atoms with Gasteiger partial charge < -0.3 is 14.6 Å². The number of para-hydroxylation sites is 1. The van der Waals surface area contributed by atoms with Gasteiger partial charge in [-0.25, -0.2) is 0 Å². The molecule has 1 amide bonds. The van der Waals surface area contributed by atoms with Gasteiger partial charge in [0.15, 0.2) is 0 Å². The Hall–Kier alpha value is -4.06. The van der Waals surface area contributed by atoms with Crippen molar-refractivity contribution in [1.82, 2.24) is 0 Å². The average Bonchev–Trinajstić information content (AvgIpc) is 3.45. The highest BCUT2D eigenvalue weighted by Crippen LogP contribution is 2.45. The van der Waals surface area contributed by atoms with Crippen LogP contribution in [0.15, 0.2) is 72.3 Å².